The maximum Gasteiger partial charge on any atom is 0.283 e. The van der Waals surface area contributed by atoms with Gasteiger partial charge in [-0.15, -0.1) is 0 Å². The predicted molar refractivity (Wildman–Crippen MR) is 119 cm³/mol. The Morgan fingerprint density at radius 3 is 1.41 bits per heavy atom. The molecule has 0 aliphatic rings. The van der Waals surface area contributed by atoms with Crippen LogP contribution < -0.4 is 10.6 Å². The predicted octanol–water partition coefficient (Wildman–Crippen LogP) is 5.31. The van der Waals surface area contributed by atoms with Gasteiger partial charge < -0.3 is 10.6 Å². The molecule has 0 atom stereocenters. The second-order valence-electron chi connectivity index (χ2n) is 6.29. The molecule has 12 heteroatoms. The first-order chi connectivity index (χ1) is 15.2. The highest BCUT2D eigenvalue weighted by molar-refractivity contribution is 6.31. The van der Waals surface area contributed by atoms with Crippen molar-refractivity contribution in [3.05, 3.63) is 102 Å². The quantitative estimate of drug-likeness (QED) is 0.365. The summed E-state index contributed by atoms with van der Waals surface area (Å²) >= 11 is 11.5. The van der Waals surface area contributed by atoms with E-state index in [1.54, 1.807) is 12.1 Å². The van der Waals surface area contributed by atoms with Crippen LogP contribution in [0.5, 0.6) is 0 Å². The van der Waals surface area contributed by atoms with Crippen LogP contribution in [0.1, 0.15) is 20.7 Å². The summed E-state index contributed by atoms with van der Waals surface area (Å²) in [5.41, 5.74) is -1.23. The second kappa shape index (κ2) is 9.41. The first-order valence-electron chi connectivity index (χ1n) is 8.77. The number of halogens is 2. The number of nitro groups is 2. The summed E-state index contributed by atoms with van der Waals surface area (Å²) in [6.07, 6.45) is 0. The zero-order chi connectivity index (χ0) is 23.4. The zero-order valence-corrected chi connectivity index (χ0v) is 17.4. The maximum absolute atomic E-state index is 12.7. The van der Waals surface area contributed by atoms with Crippen molar-refractivity contribution in [1.82, 2.24) is 0 Å². The average Bonchev–Trinajstić information content (AvgIpc) is 2.74. The van der Waals surface area contributed by atoms with E-state index in [2.05, 4.69) is 10.6 Å². The number of para-hydroxylation sites is 2. The normalized spacial score (nSPS) is 10.3. The summed E-state index contributed by atoms with van der Waals surface area (Å²) in [6, 6.07) is 13.2. The number of hydrogen-bond acceptors (Lipinski definition) is 6. The fourth-order valence-corrected chi connectivity index (χ4v) is 3.11. The minimum Gasteiger partial charge on any atom is -0.320 e. The lowest BCUT2D eigenvalue weighted by atomic mass is 10.1. The van der Waals surface area contributed by atoms with Crippen molar-refractivity contribution in [2.75, 3.05) is 10.6 Å². The highest BCUT2D eigenvalue weighted by Gasteiger charge is 2.23. The van der Waals surface area contributed by atoms with Crippen LogP contribution in [-0.2, 0) is 0 Å². The third-order valence-corrected chi connectivity index (χ3v) is 4.70. The fraction of sp³-hybridized carbons (Fsp3) is 0. The topological polar surface area (TPSA) is 144 Å². The van der Waals surface area contributed by atoms with Gasteiger partial charge in [0.05, 0.1) is 21.2 Å². The van der Waals surface area contributed by atoms with Gasteiger partial charge in [0, 0.05) is 22.2 Å². The van der Waals surface area contributed by atoms with Crippen molar-refractivity contribution in [2.24, 2.45) is 0 Å². The van der Waals surface area contributed by atoms with E-state index < -0.39 is 33.0 Å². The molecule has 0 aliphatic carbocycles. The summed E-state index contributed by atoms with van der Waals surface area (Å²) in [7, 11) is 0. The number of rotatable bonds is 6. The van der Waals surface area contributed by atoms with Crippen molar-refractivity contribution in [3.8, 4) is 0 Å². The minimum atomic E-state index is -0.812. The van der Waals surface area contributed by atoms with Crippen LogP contribution in [0.4, 0.5) is 22.7 Å². The molecule has 2 amide bonds. The van der Waals surface area contributed by atoms with E-state index >= 15 is 0 Å². The number of anilines is 2. The van der Waals surface area contributed by atoms with Crippen molar-refractivity contribution in [2.45, 2.75) is 0 Å². The largest absolute Gasteiger partial charge is 0.320 e. The van der Waals surface area contributed by atoms with Gasteiger partial charge in [0.1, 0.15) is 11.1 Å². The fourth-order valence-electron chi connectivity index (χ4n) is 2.78. The highest BCUT2D eigenvalue weighted by Crippen LogP contribution is 2.28. The highest BCUT2D eigenvalue weighted by atomic mass is 35.5. The number of nitrogens with one attached hydrogen (secondary N) is 2. The van der Waals surface area contributed by atoms with Gasteiger partial charge in [-0.2, -0.15) is 0 Å². The van der Waals surface area contributed by atoms with Crippen LogP contribution in [0.3, 0.4) is 0 Å². The zero-order valence-electron chi connectivity index (χ0n) is 15.9. The number of nitrogens with zero attached hydrogens (tertiary/aromatic N) is 2. The van der Waals surface area contributed by atoms with Gasteiger partial charge in [-0.3, -0.25) is 29.8 Å². The van der Waals surface area contributed by atoms with Crippen LogP contribution in [0.15, 0.2) is 60.7 Å². The Labute approximate surface area is 190 Å². The van der Waals surface area contributed by atoms with E-state index in [0.29, 0.717) is 0 Å². The van der Waals surface area contributed by atoms with Gasteiger partial charge in [0.2, 0.25) is 0 Å². The van der Waals surface area contributed by atoms with Gasteiger partial charge >= 0.3 is 0 Å². The molecule has 0 saturated carbocycles. The molecule has 3 aromatic carbocycles. The molecule has 0 aliphatic heterocycles. The number of carbonyl (C=O) groups is 2. The Balaban J connectivity index is 1.90. The van der Waals surface area contributed by atoms with Crippen LogP contribution >= 0.6 is 23.2 Å². The SMILES string of the molecule is O=C(Nc1ccccc1NC(=O)c1ccc(Cl)cc1[N+](=O)[O-])c1ccc(Cl)cc1[N+](=O)[O-]. The van der Waals surface area contributed by atoms with Crippen molar-refractivity contribution >= 4 is 57.8 Å². The van der Waals surface area contributed by atoms with E-state index in [1.165, 1.54) is 36.4 Å². The van der Waals surface area contributed by atoms with Gasteiger partial charge in [0.15, 0.2) is 0 Å². The molecule has 162 valence electrons. The molecule has 0 fully saturated rings. The van der Waals surface area contributed by atoms with Gasteiger partial charge in [-0.1, -0.05) is 35.3 Å². The number of amides is 2. The molecule has 3 aromatic rings. The molecule has 0 heterocycles. The summed E-state index contributed by atoms with van der Waals surface area (Å²) in [5.74, 6) is -1.62. The Hall–Kier alpha value is -4.02. The number of benzene rings is 3. The van der Waals surface area contributed by atoms with E-state index in [-0.39, 0.29) is 32.5 Å². The molecular weight excluding hydrogens is 463 g/mol. The molecule has 0 spiro atoms. The lowest BCUT2D eigenvalue weighted by molar-refractivity contribution is -0.385. The third-order valence-electron chi connectivity index (χ3n) is 4.23. The monoisotopic (exact) mass is 474 g/mol. The minimum absolute atomic E-state index is 0.0884. The molecule has 0 saturated heterocycles. The molecule has 10 nitrogen and oxygen atoms in total. The Morgan fingerprint density at radius 2 is 1.06 bits per heavy atom. The molecule has 2 N–H and O–H groups in total. The summed E-state index contributed by atoms with van der Waals surface area (Å²) in [4.78, 5) is 46.4. The van der Waals surface area contributed by atoms with Gasteiger partial charge in [-0.25, -0.2) is 0 Å². The summed E-state index contributed by atoms with van der Waals surface area (Å²) < 4.78 is 0. The molecule has 0 bridgehead atoms. The number of nitro benzene ring substituents is 2. The summed E-state index contributed by atoms with van der Waals surface area (Å²) in [5, 5.41) is 27.7. The van der Waals surface area contributed by atoms with Gasteiger partial charge in [-0.05, 0) is 36.4 Å². The standard InChI is InChI=1S/C20H12Cl2N4O6/c21-11-5-7-13(17(9-11)25(29)30)19(27)23-15-3-1-2-4-16(15)24-20(28)14-8-6-12(22)10-18(14)26(31)32/h1-10H,(H,23,27)(H,24,28). The molecule has 0 aromatic heterocycles. The lowest BCUT2D eigenvalue weighted by Gasteiger charge is -2.13. The molecule has 0 radical (unpaired) electrons. The summed E-state index contributed by atoms with van der Waals surface area (Å²) in [6.45, 7) is 0. The van der Waals surface area contributed by atoms with E-state index in [0.717, 1.165) is 12.1 Å². The van der Waals surface area contributed by atoms with Crippen LogP contribution in [0.2, 0.25) is 10.0 Å². The maximum atomic E-state index is 12.7. The number of hydrogen-bond donors (Lipinski definition) is 2. The molecule has 32 heavy (non-hydrogen) atoms. The van der Waals surface area contributed by atoms with Crippen molar-refractivity contribution < 1.29 is 19.4 Å². The Bertz CT molecular complexity index is 1170. The Kier molecular flexibility index (Phi) is 6.67. The third kappa shape index (κ3) is 4.99. The van der Waals surface area contributed by atoms with E-state index in [4.69, 9.17) is 23.2 Å². The Morgan fingerprint density at radius 1 is 0.688 bits per heavy atom. The van der Waals surface area contributed by atoms with Crippen LogP contribution in [0, 0.1) is 20.2 Å². The van der Waals surface area contributed by atoms with Crippen molar-refractivity contribution in [3.63, 3.8) is 0 Å². The molecular formula is C20H12Cl2N4O6. The van der Waals surface area contributed by atoms with Crippen LogP contribution in [0.25, 0.3) is 0 Å². The number of carbonyl (C=O) groups excluding carboxylic acids is 2. The smallest absolute Gasteiger partial charge is 0.283 e. The first-order valence-corrected chi connectivity index (χ1v) is 9.52. The average molecular weight is 475 g/mol. The molecule has 0 unspecified atom stereocenters. The second-order valence-corrected chi connectivity index (χ2v) is 7.16. The lowest BCUT2D eigenvalue weighted by Crippen LogP contribution is -2.18. The first kappa shape index (κ1) is 22.7. The van der Waals surface area contributed by atoms with E-state index in [1.807, 2.05) is 0 Å². The van der Waals surface area contributed by atoms with Crippen molar-refractivity contribution in [1.29, 1.82) is 0 Å². The van der Waals surface area contributed by atoms with Gasteiger partial charge in [0.25, 0.3) is 23.2 Å². The van der Waals surface area contributed by atoms with Crippen LogP contribution in [-0.4, -0.2) is 21.7 Å². The molecule has 3 rings (SSSR count). The van der Waals surface area contributed by atoms with E-state index in [9.17, 15) is 29.8 Å².